The van der Waals surface area contributed by atoms with Crippen molar-refractivity contribution in [3.8, 4) is 10.6 Å². The number of nitrogens with zero attached hydrogens (tertiary/aromatic N) is 3. The summed E-state index contributed by atoms with van der Waals surface area (Å²) in [6, 6.07) is 8.51. The van der Waals surface area contributed by atoms with E-state index in [0.29, 0.717) is 6.10 Å². The van der Waals surface area contributed by atoms with Crippen LogP contribution in [0.25, 0.3) is 10.6 Å². The molecule has 0 bridgehead atoms. The van der Waals surface area contributed by atoms with Crippen LogP contribution in [0.2, 0.25) is 0 Å². The Morgan fingerprint density at radius 2 is 1.96 bits per heavy atom. The summed E-state index contributed by atoms with van der Waals surface area (Å²) in [6.07, 6.45) is 5.01. The molecule has 2 aromatic rings. The highest BCUT2D eigenvalue weighted by atomic mass is 32.1. The molecular weight excluding hydrogens is 330 g/mol. The molecule has 0 aliphatic carbocycles. The first-order valence-electron chi connectivity index (χ1n) is 9.35. The van der Waals surface area contributed by atoms with Crippen LogP contribution >= 0.6 is 11.3 Å². The maximum absolute atomic E-state index is 5.77. The molecule has 134 valence electrons. The van der Waals surface area contributed by atoms with Gasteiger partial charge in [0.05, 0.1) is 6.10 Å². The summed E-state index contributed by atoms with van der Waals surface area (Å²) >= 11 is 1.83. The van der Waals surface area contributed by atoms with E-state index in [2.05, 4.69) is 52.2 Å². The van der Waals surface area contributed by atoms with Gasteiger partial charge in [0.25, 0.3) is 0 Å². The van der Waals surface area contributed by atoms with E-state index in [4.69, 9.17) is 4.74 Å². The summed E-state index contributed by atoms with van der Waals surface area (Å²) in [6.45, 7) is 9.85. The average Bonchev–Trinajstić information content (AvgIpc) is 3.29. The number of hydrogen-bond acceptors (Lipinski definition) is 5. The third kappa shape index (κ3) is 4.29. The lowest BCUT2D eigenvalue weighted by Crippen LogP contribution is -2.47. The van der Waals surface area contributed by atoms with Crippen LogP contribution < -0.4 is 0 Å². The molecule has 1 atom stereocenters. The van der Waals surface area contributed by atoms with Crippen molar-refractivity contribution < 1.29 is 4.74 Å². The first kappa shape index (κ1) is 17.2. The minimum absolute atomic E-state index is 0.477. The topological polar surface area (TPSA) is 28.6 Å². The fraction of sp³-hybridized carbons (Fsp3) is 0.550. The van der Waals surface area contributed by atoms with Crippen molar-refractivity contribution in [2.45, 2.75) is 32.4 Å². The monoisotopic (exact) mass is 357 g/mol. The predicted octanol–water partition coefficient (Wildman–Crippen LogP) is 3.42. The molecule has 5 heteroatoms. The molecule has 0 amide bonds. The van der Waals surface area contributed by atoms with Gasteiger partial charge in [0.1, 0.15) is 5.01 Å². The maximum Gasteiger partial charge on any atom is 0.123 e. The number of benzene rings is 1. The summed E-state index contributed by atoms with van der Waals surface area (Å²) in [5.41, 5.74) is 2.56. The molecule has 3 heterocycles. The Kier molecular flexibility index (Phi) is 5.46. The van der Waals surface area contributed by atoms with Crippen molar-refractivity contribution in [1.82, 2.24) is 14.8 Å². The molecule has 4 rings (SSSR count). The number of piperazine rings is 1. The third-order valence-corrected chi connectivity index (χ3v) is 6.27. The molecule has 2 aliphatic rings. The van der Waals surface area contributed by atoms with Crippen molar-refractivity contribution in [3.05, 3.63) is 40.9 Å². The van der Waals surface area contributed by atoms with E-state index in [9.17, 15) is 0 Å². The van der Waals surface area contributed by atoms with Crippen LogP contribution in [-0.2, 0) is 11.3 Å². The lowest BCUT2D eigenvalue weighted by molar-refractivity contribution is 0.0491. The molecule has 0 saturated carbocycles. The molecule has 2 fully saturated rings. The van der Waals surface area contributed by atoms with E-state index >= 15 is 0 Å². The van der Waals surface area contributed by atoms with Gasteiger partial charge in [-0.05, 0) is 25.3 Å². The molecule has 1 unspecified atom stereocenters. The molecule has 0 radical (unpaired) electrons. The van der Waals surface area contributed by atoms with Gasteiger partial charge in [0.15, 0.2) is 0 Å². The van der Waals surface area contributed by atoms with Gasteiger partial charge in [0.2, 0.25) is 0 Å². The van der Waals surface area contributed by atoms with E-state index in [1.807, 2.05) is 11.3 Å². The van der Waals surface area contributed by atoms with Crippen LogP contribution in [0, 0.1) is 6.92 Å². The normalized spacial score (nSPS) is 22.5. The number of ether oxygens (including phenoxy) is 1. The summed E-state index contributed by atoms with van der Waals surface area (Å²) in [5.74, 6) is 0. The first-order chi connectivity index (χ1) is 12.3. The SMILES string of the molecule is Cc1ccccc1-c1ncc(CN2CCN(CC3CCCO3)CC2)s1. The van der Waals surface area contributed by atoms with Gasteiger partial charge in [0, 0.05) is 62.5 Å². The second kappa shape index (κ2) is 7.96. The largest absolute Gasteiger partial charge is 0.377 e. The van der Waals surface area contributed by atoms with E-state index in [1.54, 1.807) is 0 Å². The summed E-state index contributed by atoms with van der Waals surface area (Å²) < 4.78 is 5.77. The van der Waals surface area contributed by atoms with Crippen LogP contribution in [0.15, 0.2) is 30.5 Å². The van der Waals surface area contributed by atoms with E-state index in [1.165, 1.54) is 28.8 Å². The zero-order valence-corrected chi connectivity index (χ0v) is 15.8. The van der Waals surface area contributed by atoms with Gasteiger partial charge in [-0.25, -0.2) is 4.98 Å². The van der Waals surface area contributed by atoms with Crippen molar-refractivity contribution >= 4 is 11.3 Å². The Labute approximate surface area is 154 Å². The second-order valence-electron chi connectivity index (χ2n) is 7.16. The standard InChI is InChI=1S/C20H27N3OS/c1-16-5-2-3-7-19(16)20-21-13-18(25-20)15-23-10-8-22(9-11-23)14-17-6-4-12-24-17/h2-3,5,7,13,17H,4,6,8-12,14-15H2,1H3. The van der Waals surface area contributed by atoms with Gasteiger partial charge >= 0.3 is 0 Å². The maximum atomic E-state index is 5.77. The summed E-state index contributed by atoms with van der Waals surface area (Å²) in [7, 11) is 0. The van der Waals surface area contributed by atoms with Crippen molar-refractivity contribution in [1.29, 1.82) is 0 Å². The zero-order valence-electron chi connectivity index (χ0n) is 15.0. The first-order valence-corrected chi connectivity index (χ1v) is 10.2. The van der Waals surface area contributed by atoms with Gasteiger partial charge < -0.3 is 4.74 Å². The smallest absolute Gasteiger partial charge is 0.123 e. The average molecular weight is 358 g/mol. The molecule has 4 nitrogen and oxygen atoms in total. The Morgan fingerprint density at radius 1 is 1.16 bits per heavy atom. The third-order valence-electron chi connectivity index (χ3n) is 5.26. The Morgan fingerprint density at radius 3 is 2.72 bits per heavy atom. The minimum Gasteiger partial charge on any atom is -0.377 e. The van der Waals surface area contributed by atoms with Crippen molar-refractivity contribution in [2.24, 2.45) is 0 Å². The molecule has 1 aromatic carbocycles. The lowest BCUT2D eigenvalue weighted by Gasteiger charge is -2.35. The number of aryl methyl sites for hydroxylation is 1. The minimum atomic E-state index is 0.477. The van der Waals surface area contributed by atoms with E-state index < -0.39 is 0 Å². The Bertz CT molecular complexity index is 688. The highest BCUT2D eigenvalue weighted by Gasteiger charge is 2.23. The Hall–Kier alpha value is -1.27. The zero-order chi connectivity index (χ0) is 17.1. The van der Waals surface area contributed by atoms with Crippen molar-refractivity contribution in [3.63, 3.8) is 0 Å². The van der Waals surface area contributed by atoms with Gasteiger partial charge in [-0.1, -0.05) is 24.3 Å². The quantitative estimate of drug-likeness (QED) is 0.820. The van der Waals surface area contributed by atoms with Crippen LogP contribution in [0.1, 0.15) is 23.3 Å². The highest BCUT2D eigenvalue weighted by molar-refractivity contribution is 7.15. The van der Waals surface area contributed by atoms with Crippen LogP contribution in [-0.4, -0.2) is 60.2 Å². The van der Waals surface area contributed by atoms with E-state index in [0.717, 1.165) is 50.9 Å². The summed E-state index contributed by atoms with van der Waals surface area (Å²) in [5, 5.41) is 1.14. The fourth-order valence-corrected chi connectivity index (χ4v) is 4.79. The number of thiazole rings is 1. The van der Waals surface area contributed by atoms with Crippen molar-refractivity contribution in [2.75, 3.05) is 39.3 Å². The molecule has 25 heavy (non-hydrogen) atoms. The Balaban J connectivity index is 1.29. The molecule has 1 aromatic heterocycles. The van der Waals surface area contributed by atoms with E-state index in [-0.39, 0.29) is 0 Å². The summed E-state index contributed by atoms with van der Waals surface area (Å²) in [4.78, 5) is 11.2. The number of aromatic nitrogens is 1. The molecule has 0 spiro atoms. The lowest BCUT2D eigenvalue weighted by atomic mass is 10.1. The predicted molar refractivity (Wildman–Crippen MR) is 103 cm³/mol. The fourth-order valence-electron chi connectivity index (χ4n) is 3.74. The molecule has 2 saturated heterocycles. The highest BCUT2D eigenvalue weighted by Crippen LogP contribution is 2.28. The van der Waals surface area contributed by atoms with Crippen LogP contribution in [0.4, 0.5) is 0 Å². The van der Waals surface area contributed by atoms with Gasteiger partial charge in [-0.15, -0.1) is 11.3 Å². The molecule has 2 aliphatic heterocycles. The molecule has 0 N–H and O–H groups in total. The van der Waals surface area contributed by atoms with Gasteiger partial charge in [-0.3, -0.25) is 9.80 Å². The molecular formula is C20H27N3OS. The van der Waals surface area contributed by atoms with Crippen LogP contribution in [0.3, 0.4) is 0 Å². The number of hydrogen-bond donors (Lipinski definition) is 0. The van der Waals surface area contributed by atoms with Gasteiger partial charge in [-0.2, -0.15) is 0 Å². The second-order valence-corrected chi connectivity index (χ2v) is 8.27. The van der Waals surface area contributed by atoms with Crippen LogP contribution in [0.5, 0.6) is 0 Å². The number of rotatable bonds is 5.